The van der Waals surface area contributed by atoms with Gasteiger partial charge in [-0.05, 0) is 35.8 Å². The Balaban J connectivity index is 2.42. The Bertz CT molecular complexity index is 1220. The number of nitrogens with one attached hydrogen (secondary N) is 1. The number of carbonyl (C=O) groups is 3. The van der Waals surface area contributed by atoms with E-state index >= 15 is 0 Å². The Hall–Kier alpha value is -1.63. The van der Waals surface area contributed by atoms with Gasteiger partial charge in [0.15, 0.2) is 6.10 Å². The number of carbonyl (C=O) groups excluding carboxylic acids is 3. The van der Waals surface area contributed by atoms with Gasteiger partial charge in [0.25, 0.3) is 0 Å². The Morgan fingerprint density at radius 1 is 0.650 bits per heavy atom. The first-order chi connectivity index (χ1) is 29.3. The maximum Gasteiger partial charge on any atom is 0.474 e. The van der Waals surface area contributed by atoms with Crippen molar-refractivity contribution < 1.29 is 42.0 Å². The molecule has 0 aromatic carbocycles. The van der Waals surface area contributed by atoms with Crippen molar-refractivity contribution in [3.05, 3.63) is 24.4 Å². The molecule has 0 bridgehead atoms. The highest BCUT2D eigenvalue weighted by atomic mass is 33.1. The van der Waals surface area contributed by atoms with Gasteiger partial charge in [0, 0.05) is 44.9 Å². The molecule has 1 unspecified atom stereocenters. The SMILES string of the molecule is CCCCCCCCCCCCCCCC(=O)OC[C@H](COP(=O)(OC)OCCNC(=O)CCSSc1ccccn1)OC(=O)CCCCCCCCCCCCCCC. The normalized spacial score (nSPS) is 12.8. The first kappa shape index (κ1) is 56.4. The van der Waals surface area contributed by atoms with E-state index in [2.05, 4.69) is 24.1 Å². The van der Waals surface area contributed by atoms with E-state index in [0.717, 1.165) is 43.6 Å². The lowest BCUT2D eigenvalue weighted by Gasteiger charge is -2.21. The van der Waals surface area contributed by atoms with Crippen LogP contribution >= 0.6 is 29.4 Å². The van der Waals surface area contributed by atoms with Gasteiger partial charge in [0.05, 0.1) is 13.2 Å². The molecule has 1 amide bonds. The van der Waals surface area contributed by atoms with Gasteiger partial charge in [-0.2, -0.15) is 0 Å². The standard InChI is InChI=1S/C46H83N2O9PS2/c1-4-6-8-10-12-14-16-18-20-22-24-26-28-33-45(50)54-40-42(57-46(51)34-29-27-25-23-21-19-17-15-13-11-9-7-5-2)41-56-58(52,53-3)55-38-37-47-43(49)35-39-59-60-44-32-30-31-36-48-44/h30-32,36,42H,4-29,33-35,37-41H2,1-3H3,(H,47,49)/t42-,58?/m1/s1. The fourth-order valence-electron chi connectivity index (χ4n) is 6.58. The minimum atomic E-state index is -4.06. The van der Waals surface area contributed by atoms with Gasteiger partial charge in [-0.3, -0.25) is 28.0 Å². The number of ether oxygens (including phenoxy) is 2. The summed E-state index contributed by atoms with van der Waals surface area (Å²) in [6.07, 6.45) is 33.1. The van der Waals surface area contributed by atoms with Crippen LogP contribution in [0.5, 0.6) is 0 Å². The molecular weight excluding hydrogens is 820 g/mol. The van der Waals surface area contributed by atoms with E-state index in [1.807, 2.05) is 18.2 Å². The van der Waals surface area contributed by atoms with Crippen LogP contribution < -0.4 is 5.32 Å². The van der Waals surface area contributed by atoms with Crippen molar-refractivity contribution >= 4 is 47.3 Å². The lowest BCUT2D eigenvalue weighted by molar-refractivity contribution is -0.161. The molecule has 11 nitrogen and oxygen atoms in total. The van der Waals surface area contributed by atoms with Crippen LogP contribution in [0.2, 0.25) is 0 Å². The van der Waals surface area contributed by atoms with Crippen LogP contribution in [-0.4, -0.2) is 68.2 Å². The number of unbranched alkanes of at least 4 members (excludes halogenated alkanes) is 24. The molecule has 60 heavy (non-hydrogen) atoms. The van der Waals surface area contributed by atoms with E-state index in [1.165, 1.54) is 151 Å². The van der Waals surface area contributed by atoms with Gasteiger partial charge < -0.3 is 14.8 Å². The van der Waals surface area contributed by atoms with Gasteiger partial charge >= 0.3 is 19.8 Å². The van der Waals surface area contributed by atoms with Crippen molar-refractivity contribution in [1.82, 2.24) is 10.3 Å². The van der Waals surface area contributed by atoms with Crippen LogP contribution in [0.15, 0.2) is 29.4 Å². The molecule has 1 heterocycles. The number of phosphoric ester groups is 1. The molecule has 0 spiro atoms. The third kappa shape index (κ3) is 35.9. The number of esters is 2. The van der Waals surface area contributed by atoms with Crippen molar-refractivity contribution in [2.45, 2.75) is 211 Å². The number of aromatic nitrogens is 1. The van der Waals surface area contributed by atoms with Crippen LogP contribution in [-0.2, 0) is 42.0 Å². The summed E-state index contributed by atoms with van der Waals surface area (Å²) < 4.78 is 40.4. The molecule has 1 aromatic rings. The van der Waals surface area contributed by atoms with Crippen LogP contribution in [0.25, 0.3) is 0 Å². The summed E-state index contributed by atoms with van der Waals surface area (Å²) in [4.78, 5) is 42.0. The number of hydrogen-bond acceptors (Lipinski definition) is 12. The highest BCUT2D eigenvalue weighted by Gasteiger charge is 2.28. The van der Waals surface area contributed by atoms with Crippen molar-refractivity contribution in [2.24, 2.45) is 0 Å². The zero-order chi connectivity index (χ0) is 43.6. The molecule has 0 aliphatic heterocycles. The van der Waals surface area contributed by atoms with Gasteiger partial charge in [-0.15, -0.1) is 0 Å². The zero-order valence-corrected chi connectivity index (χ0v) is 40.3. The largest absolute Gasteiger partial charge is 0.474 e. The van der Waals surface area contributed by atoms with E-state index in [1.54, 1.807) is 6.20 Å². The molecule has 0 saturated carbocycles. The van der Waals surface area contributed by atoms with Crippen LogP contribution in [0, 0.1) is 0 Å². The fraction of sp³-hybridized carbons (Fsp3) is 0.826. The minimum Gasteiger partial charge on any atom is -0.462 e. The highest BCUT2D eigenvalue weighted by Crippen LogP contribution is 2.48. The summed E-state index contributed by atoms with van der Waals surface area (Å²) in [7, 11) is 0.177. The Labute approximate surface area is 372 Å². The van der Waals surface area contributed by atoms with E-state index < -0.39 is 19.9 Å². The third-order valence-corrected chi connectivity index (χ3v) is 13.9. The summed E-state index contributed by atoms with van der Waals surface area (Å²) in [5, 5.41) is 3.61. The Morgan fingerprint density at radius 3 is 1.63 bits per heavy atom. The average Bonchev–Trinajstić information content (AvgIpc) is 3.25. The number of rotatable bonds is 44. The summed E-state index contributed by atoms with van der Waals surface area (Å²) in [6.45, 7) is 3.90. The maximum atomic E-state index is 13.2. The highest BCUT2D eigenvalue weighted by molar-refractivity contribution is 8.76. The van der Waals surface area contributed by atoms with E-state index in [0.29, 0.717) is 18.6 Å². The molecule has 348 valence electrons. The van der Waals surface area contributed by atoms with Crippen LogP contribution in [0.3, 0.4) is 0 Å². The molecule has 1 N–H and O–H groups in total. The first-order valence-corrected chi connectivity index (χ1v) is 27.4. The number of phosphoric acid groups is 1. The lowest BCUT2D eigenvalue weighted by atomic mass is 10.0. The Morgan fingerprint density at radius 2 is 1.15 bits per heavy atom. The summed E-state index contributed by atoms with van der Waals surface area (Å²) in [5.74, 6) is -0.369. The van der Waals surface area contributed by atoms with E-state index in [-0.39, 0.29) is 51.1 Å². The molecule has 0 aliphatic carbocycles. The molecule has 0 fully saturated rings. The number of amides is 1. The zero-order valence-electron chi connectivity index (χ0n) is 37.8. The second-order valence-electron chi connectivity index (χ2n) is 15.7. The Kier molecular flexibility index (Phi) is 38.9. The van der Waals surface area contributed by atoms with Gasteiger partial charge in [-0.25, -0.2) is 9.55 Å². The fourth-order valence-corrected chi connectivity index (χ4v) is 9.40. The van der Waals surface area contributed by atoms with Crippen molar-refractivity contribution in [1.29, 1.82) is 0 Å². The monoisotopic (exact) mass is 903 g/mol. The van der Waals surface area contributed by atoms with Crippen molar-refractivity contribution in [3.63, 3.8) is 0 Å². The molecule has 2 atom stereocenters. The quantitative estimate of drug-likeness (QED) is 0.0288. The smallest absolute Gasteiger partial charge is 0.462 e. The van der Waals surface area contributed by atoms with Gasteiger partial charge in [0.1, 0.15) is 11.6 Å². The number of hydrogen-bond donors (Lipinski definition) is 1. The maximum absolute atomic E-state index is 13.2. The van der Waals surface area contributed by atoms with Crippen LogP contribution in [0.4, 0.5) is 0 Å². The molecule has 0 saturated heterocycles. The predicted octanol–water partition coefficient (Wildman–Crippen LogP) is 13.5. The first-order valence-electron chi connectivity index (χ1n) is 23.6. The van der Waals surface area contributed by atoms with Gasteiger partial charge in [-0.1, -0.05) is 185 Å². The second kappa shape index (κ2) is 41.4. The predicted molar refractivity (Wildman–Crippen MR) is 248 cm³/mol. The number of pyridine rings is 1. The third-order valence-electron chi connectivity index (χ3n) is 10.2. The molecule has 1 aromatic heterocycles. The van der Waals surface area contributed by atoms with Crippen molar-refractivity contribution in [2.75, 3.05) is 39.2 Å². The summed E-state index contributed by atoms with van der Waals surface area (Å²) in [5.41, 5.74) is 0. The number of nitrogens with zero attached hydrogens (tertiary/aromatic N) is 1. The second-order valence-corrected chi connectivity index (χ2v) is 19.9. The molecule has 1 rings (SSSR count). The average molecular weight is 903 g/mol. The molecule has 14 heteroatoms. The van der Waals surface area contributed by atoms with Crippen molar-refractivity contribution in [3.8, 4) is 0 Å². The van der Waals surface area contributed by atoms with Crippen LogP contribution in [0.1, 0.15) is 200 Å². The molecule has 0 radical (unpaired) electrons. The van der Waals surface area contributed by atoms with Gasteiger partial charge in [0.2, 0.25) is 5.91 Å². The topological polar surface area (TPSA) is 139 Å². The van der Waals surface area contributed by atoms with E-state index in [4.69, 9.17) is 23.0 Å². The molecular formula is C46H83N2O9PS2. The summed E-state index contributed by atoms with van der Waals surface area (Å²) >= 11 is 0. The summed E-state index contributed by atoms with van der Waals surface area (Å²) in [6, 6.07) is 5.67. The molecule has 0 aliphatic rings. The van der Waals surface area contributed by atoms with E-state index in [9.17, 15) is 18.9 Å². The lowest BCUT2D eigenvalue weighted by Crippen LogP contribution is -2.30. The minimum absolute atomic E-state index is 0.0991.